The van der Waals surface area contributed by atoms with Crippen LogP contribution in [0.1, 0.15) is 42.6 Å². The van der Waals surface area contributed by atoms with Gasteiger partial charge in [-0.25, -0.2) is 0 Å². The third kappa shape index (κ3) is 2.70. The first kappa shape index (κ1) is 13.2. The first-order chi connectivity index (χ1) is 9.76. The highest BCUT2D eigenvalue weighted by Crippen LogP contribution is 2.29. The van der Waals surface area contributed by atoms with Gasteiger partial charge in [-0.2, -0.15) is 0 Å². The van der Waals surface area contributed by atoms with E-state index in [9.17, 15) is 5.11 Å². The Morgan fingerprint density at radius 2 is 1.70 bits per heavy atom. The number of rotatable bonds is 4. The van der Waals surface area contributed by atoms with Crippen molar-refractivity contribution in [3.63, 3.8) is 0 Å². The molecular weight excluding hydrogens is 248 g/mol. The van der Waals surface area contributed by atoms with Gasteiger partial charge >= 0.3 is 0 Å². The molecule has 0 fully saturated rings. The van der Waals surface area contributed by atoms with Crippen molar-refractivity contribution in [1.29, 1.82) is 0 Å². The topological polar surface area (TPSA) is 29.5 Å². The van der Waals surface area contributed by atoms with Crippen LogP contribution in [0.25, 0.3) is 0 Å². The number of fused-ring (bicyclic) bond motifs is 1. The molecular formula is C18H20O2. The largest absolute Gasteiger partial charge is 0.457 e. The molecule has 1 N–H and O–H groups in total. The molecule has 104 valence electrons. The Balaban J connectivity index is 1.74. The van der Waals surface area contributed by atoms with E-state index >= 15 is 0 Å². The van der Waals surface area contributed by atoms with Gasteiger partial charge in [0.2, 0.25) is 0 Å². The predicted molar refractivity (Wildman–Crippen MR) is 80.2 cm³/mol. The average molecular weight is 268 g/mol. The molecule has 0 amide bonds. The highest BCUT2D eigenvalue weighted by molar-refractivity contribution is 5.41. The van der Waals surface area contributed by atoms with Crippen molar-refractivity contribution in [1.82, 2.24) is 0 Å². The lowest BCUT2D eigenvalue weighted by atomic mass is 10.1. The molecule has 2 aromatic rings. The first-order valence-electron chi connectivity index (χ1n) is 7.34. The van der Waals surface area contributed by atoms with Crippen molar-refractivity contribution in [2.24, 2.45) is 0 Å². The van der Waals surface area contributed by atoms with Gasteiger partial charge in [0.1, 0.15) is 11.5 Å². The number of aliphatic hydroxyl groups is 1. The van der Waals surface area contributed by atoms with Gasteiger partial charge in [-0.3, -0.25) is 0 Å². The second-order valence-electron chi connectivity index (χ2n) is 5.38. The molecule has 0 saturated heterocycles. The highest BCUT2D eigenvalue weighted by atomic mass is 16.5. The summed E-state index contributed by atoms with van der Waals surface area (Å²) < 4.78 is 5.89. The van der Waals surface area contributed by atoms with Crippen LogP contribution in [-0.2, 0) is 12.8 Å². The summed E-state index contributed by atoms with van der Waals surface area (Å²) in [5.74, 6) is 1.71. The summed E-state index contributed by atoms with van der Waals surface area (Å²) in [6.07, 6.45) is 3.95. The molecule has 0 aliphatic heterocycles. The van der Waals surface area contributed by atoms with Gasteiger partial charge in [-0.05, 0) is 66.6 Å². The van der Waals surface area contributed by atoms with Gasteiger partial charge in [0.25, 0.3) is 0 Å². The van der Waals surface area contributed by atoms with Crippen molar-refractivity contribution in [2.45, 2.75) is 38.7 Å². The Bertz CT molecular complexity index is 587. The van der Waals surface area contributed by atoms with E-state index in [0.29, 0.717) is 0 Å². The molecule has 1 atom stereocenters. The zero-order valence-electron chi connectivity index (χ0n) is 11.8. The summed E-state index contributed by atoms with van der Waals surface area (Å²) in [5.41, 5.74) is 3.81. The van der Waals surface area contributed by atoms with E-state index in [1.54, 1.807) is 0 Å². The van der Waals surface area contributed by atoms with Gasteiger partial charge in [-0.15, -0.1) is 0 Å². The van der Waals surface area contributed by atoms with Gasteiger partial charge in [-0.1, -0.05) is 25.1 Å². The maximum absolute atomic E-state index is 9.77. The SMILES string of the molecule is CC[C@@H](O)c1ccc(Oc2ccc3c(c2)CCC3)cc1. The monoisotopic (exact) mass is 268 g/mol. The first-order valence-corrected chi connectivity index (χ1v) is 7.34. The standard InChI is InChI=1S/C18H20O2/c1-2-18(19)14-7-9-16(10-8-14)20-17-11-6-13-4-3-5-15(13)12-17/h6-12,18-19H,2-5H2,1H3/t18-/m1/s1. The quantitative estimate of drug-likeness (QED) is 0.890. The molecule has 20 heavy (non-hydrogen) atoms. The van der Waals surface area contributed by atoms with Gasteiger partial charge in [0, 0.05) is 0 Å². The fraction of sp³-hybridized carbons (Fsp3) is 0.333. The van der Waals surface area contributed by atoms with Crippen LogP contribution in [0.5, 0.6) is 11.5 Å². The summed E-state index contributed by atoms with van der Waals surface area (Å²) >= 11 is 0. The summed E-state index contributed by atoms with van der Waals surface area (Å²) in [7, 11) is 0. The van der Waals surface area contributed by atoms with Crippen molar-refractivity contribution >= 4 is 0 Å². The Morgan fingerprint density at radius 1 is 1.00 bits per heavy atom. The molecule has 2 heteroatoms. The molecule has 2 nitrogen and oxygen atoms in total. The van der Waals surface area contributed by atoms with Crippen molar-refractivity contribution in [2.75, 3.05) is 0 Å². The number of hydrogen-bond donors (Lipinski definition) is 1. The van der Waals surface area contributed by atoms with E-state index in [2.05, 4.69) is 12.1 Å². The lowest BCUT2D eigenvalue weighted by Crippen LogP contribution is -1.94. The summed E-state index contributed by atoms with van der Waals surface area (Å²) in [6, 6.07) is 14.1. The zero-order chi connectivity index (χ0) is 13.9. The Kier molecular flexibility index (Phi) is 3.75. The molecule has 0 radical (unpaired) electrons. The number of aryl methyl sites for hydroxylation is 2. The van der Waals surface area contributed by atoms with Gasteiger partial charge in [0.15, 0.2) is 0 Å². The summed E-state index contributed by atoms with van der Waals surface area (Å²) in [4.78, 5) is 0. The normalized spacial score (nSPS) is 14.9. The molecule has 0 saturated carbocycles. The lowest BCUT2D eigenvalue weighted by molar-refractivity contribution is 0.173. The van der Waals surface area contributed by atoms with E-state index in [1.165, 1.54) is 24.0 Å². The zero-order valence-corrected chi connectivity index (χ0v) is 11.8. The highest BCUT2D eigenvalue weighted by Gasteiger charge is 2.11. The van der Waals surface area contributed by atoms with Crippen LogP contribution < -0.4 is 4.74 Å². The van der Waals surface area contributed by atoms with E-state index in [4.69, 9.17) is 4.74 Å². The van der Waals surface area contributed by atoms with Crippen LogP contribution in [0.3, 0.4) is 0 Å². The van der Waals surface area contributed by atoms with Gasteiger partial charge in [0.05, 0.1) is 6.10 Å². The molecule has 0 unspecified atom stereocenters. The van der Waals surface area contributed by atoms with E-state index in [-0.39, 0.29) is 6.10 Å². The predicted octanol–water partition coefficient (Wildman–Crippen LogP) is 4.41. The second kappa shape index (κ2) is 5.68. The van der Waals surface area contributed by atoms with Crippen LogP contribution in [0.15, 0.2) is 42.5 Å². The van der Waals surface area contributed by atoms with Crippen molar-refractivity contribution in [3.05, 3.63) is 59.2 Å². The van der Waals surface area contributed by atoms with E-state index in [1.807, 2.05) is 37.3 Å². The van der Waals surface area contributed by atoms with Crippen molar-refractivity contribution in [3.8, 4) is 11.5 Å². The minimum Gasteiger partial charge on any atom is -0.457 e. The number of benzene rings is 2. The number of hydrogen-bond acceptors (Lipinski definition) is 2. The fourth-order valence-electron chi connectivity index (χ4n) is 2.74. The van der Waals surface area contributed by atoms with Crippen LogP contribution in [0.4, 0.5) is 0 Å². The minimum absolute atomic E-state index is 0.385. The average Bonchev–Trinajstić information content (AvgIpc) is 2.95. The van der Waals surface area contributed by atoms with Gasteiger partial charge < -0.3 is 9.84 Å². The lowest BCUT2D eigenvalue weighted by Gasteiger charge is -2.10. The number of ether oxygens (including phenoxy) is 1. The van der Waals surface area contributed by atoms with E-state index < -0.39 is 0 Å². The molecule has 2 aromatic carbocycles. The smallest absolute Gasteiger partial charge is 0.127 e. The Labute approximate surface area is 120 Å². The molecule has 0 spiro atoms. The summed E-state index contributed by atoms with van der Waals surface area (Å²) in [5, 5.41) is 9.77. The van der Waals surface area contributed by atoms with Crippen LogP contribution in [0, 0.1) is 0 Å². The van der Waals surface area contributed by atoms with Crippen LogP contribution >= 0.6 is 0 Å². The molecule has 0 heterocycles. The molecule has 0 aromatic heterocycles. The van der Waals surface area contributed by atoms with E-state index in [0.717, 1.165) is 29.9 Å². The molecule has 3 rings (SSSR count). The number of aliphatic hydroxyl groups excluding tert-OH is 1. The molecule has 0 bridgehead atoms. The Hall–Kier alpha value is -1.80. The van der Waals surface area contributed by atoms with Crippen molar-refractivity contribution < 1.29 is 9.84 Å². The Morgan fingerprint density at radius 3 is 2.45 bits per heavy atom. The van der Waals surface area contributed by atoms with Crippen LogP contribution in [-0.4, -0.2) is 5.11 Å². The third-order valence-corrected chi connectivity index (χ3v) is 3.96. The molecule has 1 aliphatic rings. The second-order valence-corrected chi connectivity index (χ2v) is 5.38. The summed E-state index contributed by atoms with van der Waals surface area (Å²) in [6.45, 7) is 1.97. The fourth-order valence-corrected chi connectivity index (χ4v) is 2.74. The maximum atomic E-state index is 9.77. The third-order valence-electron chi connectivity index (χ3n) is 3.96. The maximum Gasteiger partial charge on any atom is 0.127 e. The minimum atomic E-state index is -0.385. The molecule has 1 aliphatic carbocycles. The van der Waals surface area contributed by atoms with Crippen LogP contribution in [0.2, 0.25) is 0 Å².